The largest absolute Gasteiger partial charge is 0.322 e. The van der Waals surface area contributed by atoms with Crippen LogP contribution in [0.1, 0.15) is 15.9 Å². The summed E-state index contributed by atoms with van der Waals surface area (Å²) in [5, 5.41) is 3.52. The fraction of sp³-hybridized carbons (Fsp3) is 0.0476. The Balaban J connectivity index is 1.62. The van der Waals surface area contributed by atoms with Crippen LogP contribution in [0.15, 0.2) is 73.1 Å². The molecule has 0 atom stereocenters. The Labute approximate surface area is 156 Å². The molecule has 0 aliphatic rings. The maximum Gasteiger partial charge on any atom is 0.255 e. The minimum Gasteiger partial charge on any atom is -0.322 e. The average Bonchev–Trinajstić information content (AvgIpc) is 3.08. The van der Waals surface area contributed by atoms with Gasteiger partial charge in [0.25, 0.3) is 5.91 Å². The number of nitrogens with one attached hydrogen (secondary N) is 1. The number of amides is 1. The molecule has 1 N–H and O–H groups in total. The quantitative estimate of drug-likeness (QED) is 0.544. The zero-order valence-corrected chi connectivity index (χ0v) is 14.9. The van der Waals surface area contributed by atoms with Crippen molar-refractivity contribution >= 4 is 28.8 Å². The summed E-state index contributed by atoms with van der Waals surface area (Å²) in [6, 6.07) is 18.5. The van der Waals surface area contributed by atoms with Crippen molar-refractivity contribution in [1.82, 2.24) is 9.38 Å². The predicted molar refractivity (Wildman–Crippen MR) is 105 cm³/mol. The third-order valence-corrected chi connectivity index (χ3v) is 4.45. The highest BCUT2D eigenvalue weighted by Crippen LogP contribution is 2.24. The van der Waals surface area contributed by atoms with Gasteiger partial charge in [-0.1, -0.05) is 29.8 Å². The standard InChI is InChI=1S/C21H16ClN3O/c1-14-4-3-11-25-13-19(24-20(14)25)16-5-2-6-18(12-16)23-21(26)15-7-9-17(22)10-8-15/h2-13H,1H3,(H,23,26). The molecule has 0 aliphatic heterocycles. The molecule has 4 nitrogen and oxygen atoms in total. The molecule has 0 saturated carbocycles. The van der Waals surface area contributed by atoms with Crippen molar-refractivity contribution in [3.8, 4) is 11.3 Å². The zero-order valence-electron chi connectivity index (χ0n) is 14.1. The smallest absolute Gasteiger partial charge is 0.255 e. The van der Waals surface area contributed by atoms with Gasteiger partial charge < -0.3 is 9.72 Å². The van der Waals surface area contributed by atoms with E-state index >= 15 is 0 Å². The van der Waals surface area contributed by atoms with Gasteiger partial charge in [-0.05, 0) is 55.0 Å². The number of aromatic nitrogens is 2. The van der Waals surface area contributed by atoms with Crippen LogP contribution in [0.2, 0.25) is 5.02 Å². The lowest BCUT2D eigenvalue weighted by molar-refractivity contribution is 0.102. The highest BCUT2D eigenvalue weighted by atomic mass is 35.5. The van der Waals surface area contributed by atoms with Crippen LogP contribution in [0.3, 0.4) is 0 Å². The van der Waals surface area contributed by atoms with Gasteiger partial charge in [-0.2, -0.15) is 0 Å². The van der Waals surface area contributed by atoms with Crippen molar-refractivity contribution in [2.45, 2.75) is 6.92 Å². The molecule has 0 radical (unpaired) electrons. The Bertz CT molecular complexity index is 1100. The first-order valence-corrected chi connectivity index (χ1v) is 8.60. The number of fused-ring (bicyclic) bond motifs is 1. The zero-order chi connectivity index (χ0) is 18.1. The number of hydrogen-bond acceptors (Lipinski definition) is 2. The first-order valence-electron chi connectivity index (χ1n) is 8.22. The lowest BCUT2D eigenvalue weighted by Gasteiger charge is -2.07. The van der Waals surface area contributed by atoms with E-state index in [1.54, 1.807) is 24.3 Å². The van der Waals surface area contributed by atoms with Gasteiger partial charge in [0.2, 0.25) is 0 Å². The van der Waals surface area contributed by atoms with E-state index in [0.717, 1.165) is 28.2 Å². The fourth-order valence-corrected chi connectivity index (χ4v) is 2.98. The monoisotopic (exact) mass is 361 g/mol. The normalized spacial score (nSPS) is 10.8. The molecule has 4 rings (SSSR count). The summed E-state index contributed by atoms with van der Waals surface area (Å²) in [7, 11) is 0. The molecule has 1 amide bonds. The topological polar surface area (TPSA) is 46.4 Å². The number of hydrogen-bond donors (Lipinski definition) is 1. The van der Waals surface area contributed by atoms with Gasteiger partial charge in [0.05, 0.1) is 5.69 Å². The Hall–Kier alpha value is -3.11. The molecule has 2 aromatic carbocycles. The molecule has 0 bridgehead atoms. The molecular formula is C21H16ClN3O. The number of carbonyl (C=O) groups is 1. The van der Waals surface area contributed by atoms with Crippen molar-refractivity contribution < 1.29 is 4.79 Å². The molecule has 5 heteroatoms. The third-order valence-electron chi connectivity index (χ3n) is 4.20. The predicted octanol–water partition coefficient (Wildman–Crippen LogP) is 5.22. The van der Waals surface area contributed by atoms with E-state index in [-0.39, 0.29) is 5.91 Å². The number of aryl methyl sites for hydroxylation is 1. The number of anilines is 1. The molecule has 2 heterocycles. The highest BCUT2D eigenvalue weighted by molar-refractivity contribution is 6.30. The Morgan fingerprint density at radius 3 is 2.65 bits per heavy atom. The summed E-state index contributed by atoms with van der Waals surface area (Å²) >= 11 is 5.87. The molecule has 0 saturated heterocycles. The van der Waals surface area contributed by atoms with Gasteiger partial charge >= 0.3 is 0 Å². The van der Waals surface area contributed by atoms with Gasteiger partial charge in [-0.3, -0.25) is 4.79 Å². The fourth-order valence-electron chi connectivity index (χ4n) is 2.85. The van der Waals surface area contributed by atoms with Gasteiger partial charge in [0, 0.05) is 34.2 Å². The molecule has 0 unspecified atom stereocenters. The summed E-state index contributed by atoms with van der Waals surface area (Å²) in [6.45, 7) is 2.04. The van der Waals surface area contributed by atoms with Crippen LogP contribution < -0.4 is 5.32 Å². The van der Waals surface area contributed by atoms with E-state index in [1.807, 2.05) is 60.1 Å². The minimum atomic E-state index is -0.176. The summed E-state index contributed by atoms with van der Waals surface area (Å²) in [5.41, 5.74) is 5.13. The lowest BCUT2D eigenvalue weighted by Crippen LogP contribution is -2.11. The van der Waals surface area contributed by atoms with Crippen LogP contribution in [-0.4, -0.2) is 15.3 Å². The number of nitrogens with zero attached hydrogens (tertiary/aromatic N) is 2. The number of benzene rings is 2. The van der Waals surface area contributed by atoms with Crippen molar-refractivity contribution in [2.75, 3.05) is 5.32 Å². The van der Waals surface area contributed by atoms with Gasteiger partial charge in [0.1, 0.15) is 5.65 Å². The average molecular weight is 362 g/mol. The van der Waals surface area contributed by atoms with Crippen LogP contribution in [0.4, 0.5) is 5.69 Å². The SMILES string of the molecule is Cc1cccn2cc(-c3cccc(NC(=O)c4ccc(Cl)cc4)c3)nc12. The van der Waals surface area contributed by atoms with Crippen LogP contribution in [0.25, 0.3) is 16.9 Å². The van der Waals surface area contributed by atoms with E-state index in [1.165, 1.54) is 0 Å². The van der Waals surface area contributed by atoms with Crippen LogP contribution >= 0.6 is 11.6 Å². The molecule has 2 aromatic heterocycles. The van der Waals surface area contributed by atoms with E-state index in [9.17, 15) is 4.79 Å². The van der Waals surface area contributed by atoms with Crippen LogP contribution in [0, 0.1) is 6.92 Å². The van der Waals surface area contributed by atoms with Crippen LogP contribution in [-0.2, 0) is 0 Å². The first kappa shape index (κ1) is 16.4. The highest BCUT2D eigenvalue weighted by Gasteiger charge is 2.09. The second kappa shape index (κ2) is 6.65. The van der Waals surface area contributed by atoms with E-state index in [2.05, 4.69) is 5.32 Å². The maximum absolute atomic E-state index is 12.4. The summed E-state index contributed by atoms with van der Waals surface area (Å²) in [4.78, 5) is 17.1. The van der Waals surface area contributed by atoms with Gasteiger partial charge in [-0.15, -0.1) is 0 Å². The number of halogens is 1. The van der Waals surface area contributed by atoms with E-state index in [0.29, 0.717) is 10.6 Å². The lowest BCUT2D eigenvalue weighted by atomic mass is 10.1. The third kappa shape index (κ3) is 3.19. The minimum absolute atomic E-state index is 0.176. The molecule has 4 aromatic rings. The summed E-state index contributed by atoms with van der Waals surface area (Å²) in [5.74, 6) is -0.176. The summed E-state index contributed by atoms with van der Waals surface area (Å²) in [6.07, 6.45) is 3.97. The van der Waals surface area contributed by atoms with Gasteiger partial charge in [0.15, 0.2) is 0 Å². The van der Waals surface area contributed by atoms with Crippen molar-refractivity contribution in [3.63, 3.8) is 0 Å². The second-order valence-electron chi connectivity index (χ2n) is 6.09. The summed E-state index contributed by atoms with van der Waals surface area (Å²) < 4.78 is 2.00. The Morgan fingerprint density at radius 2 is 1.88 bits per heavy atom. The Kier molecular flexibility index (Phi) is 4.19. The van der Waals surface area contributed by atoms with Crippen molar-refractivity contribution in [3.05, 3.63) is 89.2 Å². The number of pyridine rings is 1. The van der Waals surface area contributed by atoms with E-state index in [4.69, 9.17) is 16.6 Å². The van der Waals surface area contributed by atoms with Crippen molar-refractivity contribution in [2.24, 2.45) is 0 Å². The van der Waals surface area contributed by atoms with Gasteiger partial charge in [-0.25, -0.2) is 4.98 Å². The molecule has 0 spiro atoms. The number of rotatable bonds is 3. The Morgan fingerprint density at radius 1 is 1.08 bits per heavy atom. The molecular weight excluding hydrogens is 346 g/mol. The number of carbonyl (C=O) groups excluding carboxylic acids is 1. The second-order valence-corrected chi connectivity index (χ2v) is 6.53. The van der Waals surface area contributed by atoms with Crippen LogP contribution in [0.5, 0.6) is 0 Å². The molecule has 26 heavy (non-hydrogen) atoms. The number of imidazole rings is 1. The molecule has 0 fully saturated rings. The maximum atomic E-state index is 12.4. The van der Waals surface area contributed by atoms with Crippen molar-refractivity contribution in [1.29, 1.82) is 0 Å². The first-order chi connectivity index (χ1) is 12.6. The van der Waals surface area contributed by atoms with E-state index < -0.39 is 0 Å². The molecule has 128 valence electrons. The molecule has 0 aliphatic carbocycles.